The lowest BCUT2D eigenvalue weighted by atomic mass is 10.1. The first-order valence-corrected chi connectivity index (χ1v) is 7.84. The molecule has 0 aliphatic carbocycles. The molecule has 0 saturated heterocycles. The Morgan fingerprint density at radius 1 is 1.36 bits per heavy atom. The number of nitrogens with zero attached hydrogens (tertiary/aromatic N) is 2. The van der Waals surface area contributed by atoms with Gasteiger partial charge in [0.25, 0.3) is 5.91 Å². The fraction of sp³-hybridized carbons (Fsp3) is 0.263. The summed E-state index contributed by atoms with van der Waals surface area (Å²) in [7, 11) is 1.65. The van der Waals surface area contributed by atoms with Crippen molar-refractivity contribution in [2.45, 2.75) is 20.4 Å². The highest BCUT2D eigenvalue weighted by molar-refractivity contribution is 6.09. The number of anilines is 1. The Labute approximate surface area is 147 Å². The zero-order chi connectivity index (χ0) is 18.4. The summed E-state index contributed by atoms with van der Waals surface area (Å²) in [5, 5.41) is 21.3. The van der Waals surface area contributed by atoms with Crippen LogP contribution >= 0.6 is 0 Å². The Bertz CT molecular complexity index is 827. The van der Waals surface area contributed by atoms with Crippen LogP contribution in [0.25, 0.3) is 6.08 Å². The Hall–Kier alpha value is -3.04. The predicted octanol–water partition coefficient (Wildman–Crippen LogP) is 3.00. The number of benzene rings is 1. The highest BCUT2D eigenvalue weighted by atomic mass is 16.5. The first-order chi connectivity index (χ1) is 12.0. The SMILES string of the molecule is COCCn1c(C)cc(/C=C(/C#N)C(=O)Nc2ccc(O)cc2)c1C. The van der Waals surface area contributed by atoms with Crippen LogP contribution in [0.15, 0.2) is 35.9 Å². The van der Waals surface area contributed by atoms with Crippen molar-refractivity contribution in [1.29, 1.82) is 5.26 Å². The van der Waals surface area contributed by atoms with E-state index in [9.17, 15) is 15.2 Å². The molecule has 130 valence electrons. The van der Waals surface area contributed by atoms with Crippen LogP contribution in [0.1, 0.15) is 17.0 Å². The number of phenolic OH excluding ortho intramolecular Hbond substituents is 1. The summed E-state index contributed by atoms with van der Waals surface area (Å²) in [4.78, 5) is 12.3. The quantitative estimate of drug-likeness (QED) is 0.481. The zero-order valence-corrected chi connectivity index (χ0v) is 14.5. The van der Waals surface area contributed by atoms with E-state index < -0.39 is 5.91 Å². The van der Waals surface area contributed by atoms with Gasteiger partial charge in [-0.15, -0.1) is 0 Å². The molecule has 2 rings (SSSR count). The molecule has 0 radical (unpaired) electrons. The highest BCUT2D eigenvalue weighted by Gasteiger charge is 2.13. The van der Waals surface area contributed by atoms with Gasteiger partial charge in [0.2, 0.25) is 0 Å². The van der Waals surface area contributed by atoms with Crippen molar-refractivity contribution < 1.29 is 14.6 Å². The number of rotatable bonds is 6. The van der Waals surface area contributed by atoms with Crippen LogP contribution in [0.3, 0.4) is 0 Å². The summed E-state index contributed by atoms with van der Waals surface area (Å²) in [5.41, 5.74) is 3.36. The van der Waals surface area contributed by atoms with Gasteiger partial charge < -0.3 is 19.7 Å². The number of aryl methyl sites for hydroxylation is 1. The van der Waals surface area contributed by atoms with Crippen LogP contribution in [0.2, 0.25) is 0 Å². The highest BCUT2D eigenvalue weighted by Crippen LogP contribution is 2.19. The molecule has 25 heavy (non-hydrogen) atoms. The summed E-state index contributed by atoms with van der Waals surface area (Å²) < 4.78 is 7.20. The van der Waals surface area contributed by atoms with Crippen molar-refractivity contribution in [2.24, 2.45) is 0 Å². The number of aromatic nitrogens is 1. The van der Waals surface area contributed by atoms with Gasteiger partial charge in [0.15, 0.2) is 0 Å². The van der Waals surface area contributed by atoms with Crippen LogP contribution < -0.4 is 5.32 Å². The molecule has 2 aromatic rings. The smallest absolute Gasteiger partial charge is 0.266 e. The lowest BCUT2D eigenvalue weighted by molar-refractivity contribution is -0.112. The van der Waals surface area contributed by atoms with Gasteiger partial charge in [-0.3, -0.25) is 4.79 Å². The lowest BCUT2D eigenvalue weighted by Crippen LogP contribution is -2.13. The maximum absolute atomic E-state index is 12.3. The van der Waals surface area contributed by atoms with Gasteiger partial charge in [0.1, 0.15) is 17.4 Å². The number of nitrogens with one attached hydrogen (secondary N) is 1. The maximum Gasteiger partial charge on any atom is 0.266 e. The number of hydrogen-bond donors (Lipinski definition) is 2. The van der Waals surface area contributed by atoms with Crippen molar-refractivity contribution >= 4 is 17.7 Å². The molecular formula is C19H21N3O3. The van der Waals surface area contributed by atoms with Crippen molar-refractivity contribution in [2.75, 3.05) is 19.0 Å². The molecule has 0 unspecified atom stereocenters. The van der Waals surface area contributed by atoms with Crippen molar-refractivity contribution in [1.82, 2.24) is 4.57 Å². The summed E-state index contributed by atoms with van der Waals surface area (Å²) in [5.74, 6) is -0.382. The number of hydrogen-bond acceptors (Lipinski definition) is 4. The van der Waals surface area contributed by atoms with E-state index in [4.69, 9.17) is 4.74 Å². The normalized spacial score (nSPS) is 11.2. The van der Waals surface area contributed by atoms with E-state index in [1.165, 1.54) is 12.1 Å². The molecule has 0 saturated carbocycles. The zero-order valence-electron chi connectivity index (χ0n) is 14.5. The molecule has 1 aromatic carbocycles. The molecule has 0 aliphatic rings. The Kier molecular flexibility index (Phi) is 5.98. The average molecular weight is 339 g/mol. The standard InChI is InChI=1S/C19H21N3O3/c1-13-10-15(14(2)22(13)8-9-25-3)11-16(12-20)19(24)21-17-4-6-18(23)7-5-17/h4-7,10-11,23H,8-9H2,1-3H3,(H,21,24)/b16-11-. The first kappa shape index (κ1) is 18.3. The van der Waals surface area contributed by atoms with Crippen LogP contribution in [-0.2, 0) is 16.1 Å². The van der Waals surface area contributed by atoms with E-state index in [0.29, 0.717) is 18.8 Å². The largest absolute Gasteiger partial charge is 0.508 e. The van der Waals surface area contributed by atoms with Crippen LogP contribution in [0, 0.1) is 25.2 Å². The number of ether oxygens (including phenoxy) is 1. The topological polar surface area (TPSA) is 87.3 Å². The second-order valence-corrected chi connectivity index (χ2v) is 5.64. The van der Waals surface area contributed by atoms with E-state index >= 15 is 0 Å². The molecule has 0 spiro atoms. The number of aromatic hydroxyl groups is 1. The van der Waals surface area contributed by atoms with Crippen LogP contribution in [0.5, 0.6) is 5.75 Å². The third-order valence-electron chi connectivity index (χ3n) is 3.92. The van der Waals surface area contributed by atoms with Gasteiger partial charge >= 0.3 is 0 Å². The van der Waals surface area contributed by atoms with Gasteiger partial charge in [-0.1, -0.05) is 0 Å². The van der Waals surface area contributed by atoms with E-state index in [0.717, 1.165) is 17.0 Å². The molecule has 6 heteroatoms. The van der Waals surface area contributed by atoms with Crippen molar-refractivity contribution in [3.8, 4) is 11.8 Å². The fourth-order valence-corrected chi connectivity index (χ4v) is 2.55. The number of carbonyl (C=O) groups is 1. The third-order valence-corrected chi connectivity index (χ3v) is 3.92. The lowest BCUT2D eigenvalue weighted by Gasteiger charge is -2.08. The number of methoxy groups -OCH3 is 1. The summed E-state index contributed by atoms with van der Waals surface area (Å²) in [6, 6.07) is 9.96. The van der Waals surface area contributed by atoms with Crippen LogP contribution in [0.4, 0.5) is 5.69 Å². The molecule has 1 heterocycles. The van der Waals surface area contributed by atoms with Crippen LogP contribution in [-0.4, -0.2) is 29.3 Å². The van der Waals surface area contributed by atoms with Gasteiger partial charge in [-0.2, -0.15) is 5.26 Å². The predicted molar refractivity (Wildman–Crippen MR) is 96.1 cm³/mol. The van der Waals surface area contributed by atoms with Gasteiger partial charge in [0, 0.05) is 30.7 Å². The molecule has 1 amide bonds. The molecule has 0 atom stereocenters. The molecule has 1 aromatic heterocycles. The monoisotopic (exact) mass is 339 g/mol. The fourth-order valence-electron chi connectivity index (χ4n) is 2.55. The number of nitriles is 1. The summed E-state index contributed by atoms with van der Waals surface area (Å²) in [6.45, 7) is 5.22. The summed E-state index contributed by atoms with van der Waals surface area (Å²) in [6.07, 6.45) is 1.58. The van der Waals surface area contributed by atoms with Crippen molar-refractivity contribution in [3.63, 3.8) is 0 Å². The molecule has 0 bridgehead atoms. The number of carbonyl (C=O) groups excluding carboxylic acids is 1. The average Bonchev–Trinajstić information content (AvgIpc) is 2.86. The Balaban J connectivity index is 2.23. The second-order valence-electron chi connectivity index (χ2n) is 5.64. The van der Waals surface area contributed by atoms with Crippen molar-refractivity contribution in [3.05, 3.63) is 52.9 Å². The van der Waals surface area contributed by atoms with E-state index in [2.05, 4.69) is 9.88 Å². The van der Waals surface area contributed by atoms with E-state index in [1.807, 2.05) is 26.0 Å². The van der Waals surface area contributed by atoms with E-state index in [-0.39, 0.29) is 11.3 Å². The molecule has 2 N–H and O–H groups in total. The minimum absolute atomic E-state index is 0.0140. The van der Waals surface area contributed by atoms with Gasteiger partial charge in [-0.25, -0.2) is 0 Å². The number of amides is 1. The molecular weight excluding hydrogens is 318 g/mol. The van der Waals surface area contributed by atoms with E-state index in [1.54, 1.807) is 25.3 Å². The second kappa shape index (κ2) is 8.18. The Morgan fingerprint density at radius 2 is 2.04 bits per heavy atom. The van der Waals surface area contributed by atoms with Gasteiger partial charge in [0.05, 0.1) is 6.61 Å². The minimum Gasteiger partial charge on any atom is -0.508 e. The minimum atomic E-state index is -0.491. The summed E-state index contributed by atoms with van der Waals surface area (Å²) >= 11 is 0. The first-order valence-electron chi connectivity index (χ1n) is 7.84. The van der Waals surface area contributed by atoms with Gasteiger partial charge in [-0.05, 0) is 55.8 Å². The maximum atomic E-state index is 12.3. The third kappa shape index (κ3) is 4.49. The molecule has 6 nitrogen and oxygen atoms in total. The Morgan fingerprint density at radius 3 is 2.64 bits per heavy atom. The molecule has 0 fully saturated rings. The number of phenols is 1. The molecule has 0 aliphatic heterocycles.